The van der Waals surface area contributed by atoms with E-state index >= 15 is 0 Å². The molecule has 0 aliphatic carbocycles. The minimum atomic E-state index is -3.77. The molecule has 0 bridgehead atoms. The lowest BCUT2D eigenvalue weighted by molar-refractivity contribution is -0.140. The van der Waals surface area contributed by atoms with Crippen LogP contribution in [0.4, 0.5) is 5.69 Å². The summed E-state index contributed by atoms with van der Waals surface area (Å²) in [5.74, 6) is -0.858. The number of nitrogens with zero attached hydrogens (tertiary/aromatic N) is 2. The van der Waals surface area contributed by atoms with E-state index in [9.17, 15) is 18.0 Å². The van der Waals surface area contributed by atoms with Crippen LogP contribution in [0, 0.1) is 0 Å². The maximum Gasteiger partial charge on any atom is 0.244 e. The van der Waals surface area contributed by atoms with Crippen LogP contribution in [-0.4, -0.2) is 49.5 Å². The zero-order chi connectivity index (χ0) is 25.0. The lowest BCUT2D eigenvalue weighted by Crippen LogP contribution is -2.54. The molecule has 0 saturated heterocycles. The Morgan fingerprint density at radius 1 is 1.12 bits per heavy atom. The SMILES string of the molecule is C[C@@H](C(=O)NC(C)(C)C)N(Cc1cccc(Cl)c1)C(=O)CN(c1cccc(Br)c1)S(C)(=O)=O. The van der Waals surface area contributed by atoms with Crippen molar-refractivity contribution in [1.29, 1.82) is 0 Å². The number of carbonyl (C=O) groups excluding carboxylic acids is 2. The average Bonchev–Trinajstić information content (AvgIpc) is 2.67. The van der Waals surface area contributed by atoms with Gasteiger partial charge in [-0.1, -0.05) is 45.7 Å². The number of sulfonamides is 1. The molecule has 33 heavy (non-hydrogen) atoms. The smallest absolute Gasteiger partial charge is 0.244 e. The molecule has 0 aliphatic rings. The largest absolute Gasteiger partial charge is 0.350 e. The van der Waals surface area contributed by atoms with E-state index in [0.29, 0.717) is 15.2 Å². The number of hydrogen-bond donors (Lipinski definition) is 1. The third kappa shape index (κ3) is 8.32. The van der Waals surface area contributed by atoms with E-state index < -0.39 is 34.1 Å². The fourth-order valence-corrected chi connectivity index (χ4v) is 4.58. The number of nitrogens with one attached hydrogen (secondary N) is 1. The highest BCUT2D eigenvalue weighted by Crippen LogP contribution is 2.23. The van der Waals surface area contributed by atoms with E-state index in [1.165, 1.54) is 4.90 Å². The quantitative estimate of drug-likeness (QED) is 0.526. The fourth-order valence-electron chi connectivity index (χ4n) is 3.13. The summed E-state index contributed by atoms with van der Waals surface area (Å²) in [6.45, 7) is 6.79. The number of carbonyl (C=O) groups is 2. The Kier molecular flexibility index (Phi) is 8.95. The Morgan fingerprint density at radius 3 is 2.30 bits per heavy atom. The van der Waals surface area contributed by atoms with Crippen LogP contribution in [0.25, 0.3) is 0 Å². The molecule has 0 heterocycles. The van der Waals surface area contributed by atoms with Crippen LogP contribution in [0.5, 0.6) is 0 Å². The molecule has 7 nitrogen and oxygen atoms in total. The van der Waals surface area contributed by atoms with E-state index in [1.54, 1.807) is 55.5 Å². The molecule has 1 N–H and O–H groups in total. The molecule has 0 spiro atoms. The molecule has 10 heteroatoms. The number of rotatable bonds is 8. The normalized spacial score (nSPS) is 12.7. The highest BCUT2D eigenvalue weighted by atomic mass is 79.9. The molecule has 2 aromatic rings. The summed E-state index contributed by atoms with van der Waals surface area (Å²) in [6.07, 6.45) is 1.04. The third-order valence-corrected chi connectivity index (χ3v) is 6.55. The summed E-state index contributed by atoms with van der Waals surface area (Å²) in [7, 11) is -3.77. The van der Waals surface area contributed by atoms with Crippen molar-refractivity contribution >= 4 is 55.1 Å². The first kappa shape index (κ1) is 27.1. The van der Waals surface area contributed by atoms with Gasteiger partial charge in [0.05, 0.1) is 11.9 Å². The predicted molar refractivity (Wildman–Crippen MR) is 136 cm³/mol. The van der Waals surface area contributed by atoms with Crippen LogP contribution >= 0.6 is 27.5 Å². The zero-order valence-electron chi connectivity index (χ0n) is 19.3. The first-order valence-electron chi connectivity index (χ1n) is 10.3. The molecule has 0 fully saturated rings. The first-order chi connectivity index (χ1) is 15.2. The first-order valence-corrected chi connectivity index (χ1v) is 13.3. The van der Waals surface area contributed by atoms with Crippen LogP contribution < -0.4 is 9.62 Å². The minimum absolute atomic E-state index is 0.0915. The number of benzene rings is 2. The number of halogens is 2. The number of hydrogen-bond acceptors (Lipinski definition) is 4. The Hall–Kier alpha value is -2.10. The Morgan fingerprint density at radius 2 is 1.76 bits per heavy atom. The van der Waals surface area contributed by atoms with Gasteiger partial charge in [0.25, 0.3) is 0 Å². The van der Waals surface area contributed by atoms with Gasteiger partial charge in [0, 0.05) is 21.6 Å². The van der Waals surface area contributed by atoms with E-state index in [-0.39, 0.29) is 12.5 Å². The van der Waals surface area contributed by atoms with Gasteiger partial charge in [0.15, 0.2) is 0 Å². The lowest BCUT2D eigenvalue weighted by atomic mass is 10.1. The van der Waals surface area contributed by atoms with Crippen molar-refractivity contribution < 1.29 is 18.0 Å². The Balaban J connectivity index is 2.41. The minimum Gasteiger partial charge on any atom is -0.350 e. The number of anilines is 1. The van der Waals surface area contributed by atoms with Gasteiger partial charge in [0.2, 0.25) is 21.8 Å². The van der Waals surface area contributed by atoms with Crippen molar-refractivity contribution in [3.8, 4) is 0 Å². The molecular formula is C23H29BrClN3O4S. The summed E-state index contributed by atoms with van der Waals surface area (Å²) in [5.41, 5.74) is 0.569. The molecule has 0 saturated carbocycles. The van der Waals surface area contributed by atoms with E-state index in [4.69, 9.17) is 11.6 Å². The second-order valence-electron chi connectivity index (χ2n) is 8.82. The van der Waals surface area contributed by atoms with Crippen LogP contribution in [0.15, 0.2) is 53.0 Å². The maximum atomic E-state index is 13.5. The second kappa shape index (κ2) is 10.9. The topological polar surface area (TPSA) is 86.8 Å². The second-order valence-corrected chi connectivity index (χ2v) is 12.1. The van der Waals surface area contributed by atoms with Crippen LogP contribution in [0.3, 0.4) is 0 Å². The van der Waals surface area contributed by atoms with E-state index in [0.717, 1.165) is 16.1 Å². The molecule has 1 atom stereocenters. The highest BCUT2D eigenvalue weighted by Gasteiger charge is 2.31. The summed E-state index contributed by atoms with van der Waals surface area (Å²) in [5, 5.41) is 3.38. The molecule has 0 radical (unpaired) electrons. The van der Waals surface area contributed by atoms with E-state index in [1.807, 2.05) is 20.8 Å². The van der Waals surface area contributed by atoms with Gasteiger partial charge < -0.3 is 10.2 Å². The fraction of sp³-hybridized carbons (Fsp3) is 0.391. The third-order valence-electron chi connectivity index (χ3n) is 4.68. The molecule has 0 unspecified atom stereocenters. The molecule has 2 aromatic carbocycles. The van der Waals surface area contributed by atoms with Crippen molar-refractivity contribution in [1.82, 2.24) is 10.2 Å². The van der Waals surface area contributed by atoms with Crippen LogP contribution in [-0.2, 0) is 26.2 Å². The van der Waals surface area contributed by atoms with Gasteiger partial charge in [-0.15, -0.1) is 0 Å². The van der Waals surface area contributed by atoms with Crippen LogP contribution in [0.1, 0.15) is 33.3 Å². The molecular weight excluding hydrogens is 530 g/mol. The standard InChI is InChI=1S/C23H29BrClN3O4S/c1-16(22(30)26-23(2,3)4)27(14-17-8-6-10-19(25)12-17)21(29)15-28(33(5,31)32)20-11-7-9-18(24)13-20/h6-13,16H,14-15H2,1-5H3,(H,26,30)/t16-/m0/s1. The maximum absolute atomic E-state index is 13.5. The van der Waals surface area contributed by atoms with Gasteiger partial charge >= 0.3 is 0 Å². The van der Waals surface area contributed by atoms with Crippen molar-refractivity contribution in [3.05, 3.63) is 63.6 Å². The molecule has 2 amide bonds. The van der Waals surface area contributed by atoms with Gasteiger partial charge in [-0.2, -0.15) is 0 Å². The molecule has 0 aliphatic heterocycles. The van der Waals surface area contributed by atoms with Crippen molar-refractivity contribution in [3.63, 3.8) is 0 Å². The van der Waals surface area contributed by atoms with Crippen molar-refractivity contribution in [2.24, 2.45) is 0 Å². The van der Waals surface area contributed by atoms with Crippen molar-refractivity contribution in [2.45, 2.75) is 45.8 Å². The summed E-state index contributed by atoms with van der Waals surface area (Å²) < 4.78 is 26.8. The van der Waals surface area contributed by atoms with Gasteiger partial charge in [0.1, 0.15) is 12.6 Å². The van der Waals surface area contributed by atoms with Crippen LogP contribution in [0.2, 0.25) is 5.02 Å². The monoisotopic (exact) mass is 557 g/mol. The molecule has 2 rings (SSSR count). The average molecular weight is 559 g/mol. The summed E-state index contributed by atoms with van der Waals surface area (Å²) in [6, 6.07) is 12.8. The molecule has 0 aromatic heterocycles. The van der Waals surface area contributed by atoms with Gasteiger partial charge in [-0.25, -0.2) is 8.42 Å². The Labute approximate surface area is 209 Å². The zero-order valence-corrected chi connectivity index (χ0v) is 22.5. The molecule has 180 valence electrons. The van der Waals surface area contributed by atoms with Gasteiger partial charge in [-0.05, 0) is 63.6 Å². The number of amides is 2. The predicted octanol–water partition coefficient (Wildman–Crippen LogP) is 4.20. The summed E-state index contributed by atoms with van der Waals surface area (Å²) >= 11 is 9.43. The van der Waals surface area contributed by atoms with E-state index in [2.05, 4.69) is 21.2 Å². The highest BCUT2D eigenvalue weighted by molar-refractivity contribution is 9.10. The van der Waals surface area contributed by atoms with Gasteiger partial charge in [-0.3, -0.25) is 13.9 Å². The Bertz CT molecular complexity index is 1120. The summed E-state index contributed by atoms with van der Waals surface area (Å²) in [4.78, 5) is 27.7. The lowest BCUT2D eigenvalue weighted by Gasteiger charge is -2.33. The van der Waals surface area contributed by atoms with Crippen molar-refractivity contribution in [2.75, 3.05) is 17.1 Å².